The molecule has 0 aliphatic rings. The Balaban J connectivity index is 1.37. The van der Waals surface area contributed by atoms with Crippen LogP contribution in [0.25, 0.3) is 33.1 Å². The van der Waals surface area contributed by atoms with Crippen molar-refractivity contribution in [3.05, 3.63) is 89.7 Å². The van der Waals surface area contributed by atoms with Crippen LogP contribution in [0.2, 0.25) is 0 Å². The number of carbonyl (C=O) groups is 1. The number of H-pyrrole nitrogens is 1. The maximum Gasteiger partial charge on any atom is 0.303 e. The third-order valence-electron chi connectivity index (χ3n) is 5.66. The van der Waals surface area contributed by atoms with E-state index < -0.39 is 5.97 Å². The molecule has 3 N–H and O–H groups in total. The summed E-state index contributed by atoms with van der Waals surface area (Å²) in [4.78, 5) is 28.1. The molecule has 0 aliphatic carbocycles. The number of carboxylic acids is 1. The van der Waals surface area contributed by atoms with Gasteiger partial charge in [-0.1, -0.05) is 35.5 Å². The number of pyridine rings is 2. The van der Waals surface area contributed by atoms with E-state index in [0.717, 1.165) is 38.6 Å². The number of aromatic amines is 1. The summed E-state index contributed by atoms with van der Waals surface area (Å²) in [5, 5.41) is 25.3. The molecule has 5 rings (SSSR count). The van der Waals surface area contributed by atoms with Crippen molar-refractivity contribution in [2.45, 2.75) is 19.4 Å². The van der Waals surface area contributed by atoms with Crippen molar-refractivity contribution in [1.29, 1.82) is 0 Å². The lowest BCUT2D eigenvalue weighted by atomic mass is 10.0. The number of aliphatic carboxylic acids is 1. The second kappa shape index (κ2) is 9.64. The molecule has 0 aliphatic heterocycles. The van der Waals surface area contributed by atoms with E-state index in [0.29, 0.717) is 17.7 Å². The van der Waals surface area contributed by atoms with Crippen molar-refractivity contribution in [2.24, 2.45) is 5.16 Å². The van der Waals surface area contributed by atoms with E-state index in [-0.39, 0.29) is 18.9 Å². The Morgan fingerprint density at radius 3 is 2.83 bits per heavy atom. The SMILES string of the molecule is O=C(O)CCc1ccc2nc(-c3c(O)[nH]c4cc(/C=N/OCc5ccccn5)ccc34)ccc2c1. The van der Waals surface area contributed by atoms with Crippen LogP contribution in [0, 0.1) is 0 Å². The highest BCUT2D eigenvalue weighted by molar-refractivity contribution is 6.01. The van der Waals surface area contributed by atoms with Gasteiger partial charge < -0.3 is 20.0 Å². The molecule has 0 fully saturated rings. The summed E-state index contributed by atoms with van der Waals surface area (Å²) in [6, 6.07) is 20.8. The number of fused-ring (bicyclic) bond motifs is 2. The number of hydrogen-bond acceptors (Lipinski definition) is 6. The van der Waals surface area contributed by atoms with Crippen molar-refractivity contribution in [3.8, 4) is 17.1 Å². The van der Waals surface area contributed by atoms with Crippen molar-refractivity contribution in [2.75, 3.05) is 0 Å². The van der Waals surface area contributed by atoms with Crippen LogP contribution in [0.1, 0.15) is 23.2 Å². The molecule has 3 aromatic heterocycles. The molecule has 5 aromatic rings. The summed E-state index contributed by atoms with van der Waals surface area (Å²) in [6.07, 6.45) is 3.87. The minimum Gasteiger partial charge on any atom is -0.494 e. The van der Waals surface area contributed by atoms with E-state index >= 15 is 0 Å². The van der Waals surface area contributed by atoms with Gasteiger partial charge in [0.2, 0.25) is 0 Å². The van der Waals surface area contributed by atoms with Crippen LogP contribution >= 0.6 is 0 Å². The zero-order valence-corrected chi connectivity index (χ0v) is 18.7. The molecule has 0 amide bonds. The van der Waals surface area contributed by atoms with Gasteiger partial charge >= 0.3 is 5.97 Å². The van der Waals surface area contributed by atoms with Crippen molar-refractivity contribution < 1.29 is 19.8 Å². The number of benzene rings is 2. The highest BCUT2D eigenvalue weighted by Gasteiger charge is 2.15. The van der Waals surface area contributed by atoms with Gasteiger partial charge in [-0.05, 0) is 53.9 Å². The minimum atomic E-state index is -0.820. The molecule has 174 valence electrons. The molecule has 0 saturated heterocycles. The van der Waals surface area contributed by atoms with Gasteiger partial charge in [-0.2, -0.15) is 0 Å². The molecule has 3 heterocycles. The number of aromatic hydroxyl groups is 1. The molecule has 0 spiro atoms. The Labute approximate surface area is 200 Å². The van der Waals surface area contributed by atoms with E-state index in [9.17, 15) is 9.90 Å². The summed E-state index contributed by atoms with van der Waals surface area (Å²) in [5.41, 5.74) is 5.32. The Bertz CT molecular complexity index is 1540. The van der Waals surface area contributed by atoms with E-state index in [2.05, 4.69) is 15.1 Å². The van der Waals surface area contributed by atoms with E-state index in [1.807, 2.05) is 66.7 Å². The van der Waals surface area contributed by atoms with Gasteiger partial charge in [0, 0.05) is 28.9 Å². The summed E-state index contributed by atoms with van der Waals surface area (Å²) in [6.45, 7) is 0.279. The largest absolute Gasteiger partial charge is 0.494 e. The number of hydrogen-bond donors (Lipinski definition) is 3. The summed E-state index contributed by atoms with van der Waals surface area (Å²) in [7, 11) is 0. The third-order valence-corrected chi connectivity index (χ3v) is 5.66. The van der Waals surface area contributed by atoms with Gasteiger partial charge in [-0.25, -0.2) is 4.98 Å². The number of carboxylic acid groups (broad SMARTS) is 1. The van der Waals surface area contributed by atoms with Crippen LogP contribution in [0.4, 0.5) is 0 Å². The number of rotatable bonds is 8. The summed E-state index contributed by atoms with van der Waals surface area (Å²) >= 11 is 0. The molecular formula is C27H22N4O4. The molecule has 0 radical (unpaired) electrons. The Morgan fingerprint density at radius 1 is 1.09 bits per heavy atom. The maximum atomic E-state index is 10.8. The lowest BCUT2D eigenvalue weighted by molar-refractivity contribution is -0.136. The van der Waals surface area contributed by atoms with Gasteiger partial charge in [0.15, 0.2) is 12.5 Å². The fraction of sp³-hybridized carbons (Fsp3) is 0.111. The fourth-order valence-corrected chi connectivity index (χ4v) is 3.95. The molecule has 2 aromatic carbocycles. The topological polar surface area (TPSA) is 121 Å². The van der Waals surface area contributed by atoms with Crippen LogP contribution in [0.3, 0.4) is 0 Å². The number of aromatic nitrogens is 3. The monoisotopic (exact) mass is 466 g/mol. The van der Waals surface area contributed by atoms with Crippen molar-refractivity contribution in [1.82, 2.24) is 15.0 Å². The van der Waals surface area contributed by atoms with Crippen molar-refractivity contribution >= 4 is 34.0 Å². The third kappa shape index (κ3) is 4.96. The quantitative estimate of drug-likeness (QED) is 0.217. The first-order chi connectivity index (χ1) is 17.1. The van der Waals surface area contributed by atoms with Crippen LogP contribution in [0.15, 0.2) is 78.1 Å². The molecule has 35 heavy (non-hydrogen) atoms. The fourth-order valence-electron chi connectivity index (χ4n) is 3.95. The first-order valence-electron chi connectivity index (χ1n) is 11.1. The Hall–Kier alpha value is -4.72. The Morgan fingerprint density at radius 2 is 2.00 bits per heavy atom. The minimum absolute atomic E-state index is 0.0328. The van der Waals surface area contributed by atoms with Gasteiger partial charge in [0.25, 0.3) is 0 Å². The van der Waals surface area contributed by atoms with E-state index in [4.69, 9.17) is 14.9 Å². The number of nitrogens with one attached hydrogen (secondary N) is 1. The van der Waals surface area contributed by atoms with Gasteiger partial charge in [-0.15, -0.1) is 0 Å². The van der Waals surface area contributed by atoms with Crippen LogP contribution in [-0.4, -0.2) is 37.3 Å². The van der Waals surface area contributed by atoms with E-state index in [1.54, 1.807) is 12.4 Å². The van der Waals surface area contributed by atoms with Gasteiger partial charge in [-0.3, -0.25) is 9.78 Å². The van der Waals surface area contributed by atoms with Crippen LogP contribution in [-0.2, 0) is 22.7 Å². The molecule has 0 unspecified atom stereocenters. The number of nitrogens with zero attached hydrogens (tertiary/aromatic N) is 3. The molecule has 0 saturated carbocycles. The smallest absolute Gasteiger partial charge is 0.303 e. The predicted molar refractivity (Wildman–Crippen MR) is 133 cm³/mol. The zero-order valence-electron chi connectivity index (χ0n) is 18.7. The lowest BCUT2D eigenvalue weighted by Gasteiger charge is -2.05. The van der Waals surface area contributed by atoms with Gasteiger partial charge in [0.1, 0.15) is 0 Å². The number of aryl methyl sites for hydroxylation is 1. The second-order valence-electron chi connectivity index (χ2n) is 8.10. The first-order valence-corrected chi connectivity index (χ1v) is 11.1. The maximum absolute atomic E-state index is 10.8. The van der Waals surface area contributed by atoms with E-state index in [1.165, 1.54) is 0 Å². The highest BCUT2D eigenvalue weighted by Crippen LogP contribution is 2.36. The van der Waals surface area contributed by atoms with Gasteiger partial charge in [0.05, 0.1) is 28.7 Å². The average molecular weight is 466 g/mol. The molecule has 0 bridgehead atoms. The Kier molecular flexibility index (Phi) is 6.09. The molecule has 8 nitrogen and oxygen atoms in total. The molecule has 0 atom stereocenters. The lowest BCUT2D eigenvalue weighted by Crippen LogP contribution is -1.97. The van der Waals surface area contributed by atoms with Crippen molar-refractivity contribution in [3.63, 3.8) is 0 Å². The predicted octanol–water partition coefficient (Wildman–Crippen LogP) is 5.05. The number of oxime groups is 1. The zero-order chi connectivity index (χ0) is 24.2. The summed E-state index contributed by atoms with van der Waals surface area (Å²) in [5.74, 6) is -0.787. The molecule has 8 heteroatoms. The average Bonchev–Trinajstić information content (AvgIpc) is 3.20. The molecular weight excluding hydrogens is 444 g/mol. The van der Waals surface area contributed by atoms with Crippen LogP contribution in [0.5, 0.6) is 5.88 Å². The second-order valence-corrected chi connectivity index (χ2v) is 8.10. The standard InChI is InChI=1S/C27H22N4O4/c32-25(33)11-6-17-5-9-22-19(13-17)7-10-23(30-22)26-21-8-4-18(14-24(21)31-27(26)34)15-29-35-16-20-3-1-2-12-28-20/h1-5,7-10,12-15,31,34H,6,11,16H2,(H,32,33)/b29-15+. The normalized spacial score (nSPS) is 11.4. The highest BCUT2D eigenvalue weighted by atomic mass is 16.6. The first kappa shape index (κ1) is 22.1. The summed E-state index contributed by atoms with van der Waals surface area (Å²) < 4.78 is 0. The van der Waals surface area contributed by atoms with Crippen LogP contribution < -0.4 is 0 Å².